The molecule has 0 saturated heterocycles. The van der Waals surface area contributed by atoms with Gasteiger partial charge in [0.2, 0.25) is 0 Å². The van der Waals surface area contributed by atoms with Crippen LogP contribution in [0.1, 0.15) is 13.3 Å². The first-order valence-corrected chi connectivity index (χ1v) is 4.12. The molecule has 0 atom stereocenters. The molecule has 0 rings (SSSR count). The number of nitrogens with zero attached hydrogens (tertiary/aromatic N) is 1. The van der Waals surface area contributed by atoms with E-state index < -0.39 is 0 Å². The van der Waals surface area contributed by atoms with E-state index in [2.05, 4.69) is 20.9 Å². The van der Waals surface area contributed by atoms with Crippen LogP contribution in [0, 0.1) is 19.6 Å². The molecule has 58 valence electrons. The van der Waals surface area contributed by atoms with Gasteiger partial charge in [-0.05, 0) is 0 Å². The van der Waals surface area contributed by atoms with Gasteiger partial charge in [0.15, 0.2) is 0 Å². The Kier molecular flexibility index (Phi) is 29.9. The van der Waals surface area contributed by atoms with E-state index in [0.29, 0.717) is 0 Å². The maximum Gasteiger partial charge on any atom is 2.00 e. The van der Waals surface area contributed by atoms with Crippen LogP contribution in [0.25, 0.3) is 0 Å². The molecule has 11 heavy (non-hydrogen) atoms. The molecule has 2 nitrogen and oxygen atoms in total. The van der Waals surface area contributed by atoms with E-state index in [1.165, 1.54) is 19.4 Å². The molecule has 0 aromatic carbocycles. The second kappa shape index (κ2) is 17.8. The number of rotatable bonds is 5. The van der Waals surface area contributed by atoms with Crippen LogP contribution < -0.4 is 5.32 Å². The predicted octanol–water partition coefficient (Wildman–Crippen LogP) is 0.918. The first-order chi connectivity index (χ1) is 4.41. The van der Waals surface area contributed by atoms with E-state index in [1.54, 1.807) is 6.67 Å². The Bertz CT molecular complexity index is 107. The SMILES string of the molecule is C[CH-]C[CH-]N[CH-]N=[C]=[W].[V+2].[Y]. The van der Waals surface area contributed by atoms with Crippen molar-refractivity contribution in [2.24, 2.45) is 4.99 Å². The second-order valence-corrected chi connectivity index (χ2v) is 2.02. The molecular weight excluding hydrogens is 424 g/mol. The first-order valence-electron chi connectivity index (χ1n) is 2.66. The molecule has 0 aliphatic heterocycles. The summed E-state index contributed by atoms with van der Waals surface area (Å²) in [6.45, 7) is 5.56. The molecule has 0 unspecified atom stereocenters. The average molecular weight is 433 g/mol. The van der Waals surface area contributed by atoms with Gasteiger partial charge in [-0.1, -0.05) is 0 Å². The first kappa shape index (κ1) is 18.5. The van der Waals surface area contributed by atoms with Crippen LogP contribution >= 0.6 is 0 Å². The van der Waals surface area contributed by atoms with Gasteiger partial charge >= 0.3 is 85.4 Å². The van der Waals surface area contributed by atoms with E-state index in [1.807, 2.05) is 13.5 Å². The van der Waals surface area contributed by atoms with Crippen molar-refractivity contribution in [3.05, 3.63) is 19.6 Å². The van der Waals surface area contributed by atoms with Crippen molar-refractivity contribution >= 4 is 4.19 Å². The summed E-state index contributed by atoms with van der Waals surface area (Å²) >= 11 is 1.24. The number of unbranched alkanes of at least 4 members (excludes halogenated alkanes) is 1. The Morgan fingerprint density at radius 1 is 1.64 bits per heavy atom. The van der Waals surface area contributed by atoms with Crippen molar-refractivity contribution in [1.29, 1.82) is 0 Å². The summed E-state index contributed by atoms with van der Waals surface area (Å²) in [5.74, 6) is 0. The van der Waals surface area contributed by atoms with Crippen molar-refractivity contribution in [1.82, 2.24) is 5.32 Å². The predicted molar refractivity (Wildman–Crippen MR) is 33.8 cm³/mol. The zero-order valence-corrected chi connectivity index (χ0v) is 13.5. The molecule has 0 amide bonds. The van der Waals surface area contributed by atoms with Gasteiger partial charge < -0.3 is 0 Å². The van der Waals surface area contributed by atoms with Gasteiger partial charge in [-0.3, -0.25) is 0 Å². The molecule has 0 bridgehead atoms. The minimum Gasteiger partial charge on any atom is 0 e. The van der Waals surface area contributed by atoms with Crippen molar-refractivity contribution in [2.75, 3.05) is 0 Å². The van der Waals surface area contributed by atoms with Gasteiger partial charge in [0.25, 0.3) is 0 Å². The summed E-state index contributed by atoms with van der Waals surface area (Å²) in [7, 11) is 0. The van der Waals surface area contributed by atoms with Crippen molar-refractivity contribution in [2.45, 2.75) is 13.3 Å². The van der Waals surface area contributed by atoms with E-state index in [0.717, 1.165) is 6.42 Å². The fourth-order valence-corrected chi connectivity index (χ4v) is 0.492. The van der Waals surface area contributed by atoms with Gasteiger partial charge in [-0.25, -0.2) is 0 Å². The second-order valence-electron chi connectivity index (χ2n) is 1.36. The molecule has 2 radical (unpaired) electrons. The summed E-state index contributed by atoms with van der Waals surface area (Å²) in [4.78, 5) is 3.75. The van der Waals surface area contributed by atoms with Gasteiger partial charge in [-0.2, -0.15) is 0 Å². The Hall–Kier alpha value is 1.79. The smallest absolute Gasteiger partial charge is 0 e. The summed E-state index contributed by atoms with van der Waals surface area (Å²) in [6, 6.07) is 0. The Morgan fingerprint density at radius 2 is 2.27 bits per heavy atom. The van der Waals surface area contributed by atoms with Crippen LogP contribution in [0.2, 0.25) is 0 Å². The molecule has 1 N–H and O–H groups in total. The van der Waals surface area contributed by atoms with Gasteiger partial charge in [0.1, 0.15) is 0 Å². The number of hydrogen-bond donors (Lipinski definition) is 1. The molecule has 0 spiro atoms. The number of aliphatic imine (C=N–C) groups is 1. The van der Waals surface area contributed by atoms with Crippen LogP contribution in [0.3, 0.4) is 0 Å². The Morgan fingerprint density at radius 3 is 2.73 bits per heavy atom. The normalized spacial score (nSPS) is 6.64. The fourth-order valence-electron chi connectivity index (χ4n) is 0.302. The fraction of sp³-hybridized carbons (Fsp3) is 0.333. The van der Waals surface area contributed by atoms with Gasteiger partial charge in [0, 0.05) is 32.7 Å². The third kappa shape index (κ3) is 18.6. The molecule has 0 fully saturated rings. The minimum absolute atomic E-state index is 0. The van der Waals surface area contributed by atoms with E-state index in [-0.39, 0.29) is 51.3 Å². The number of hydrogen-bond acceptors (Lipinski definition) is 2. The molecule has 0 saturated carbocycles. The zero-order valence-electron chi connectivity index (χ0n) is 6.32. The van der Waals surface area contributed by atoms with Crippen LogP contribution in [-0.2, 0) is 70.6 Å². The number of nitrogens with one attached hydrogen (secondary N) is 1. The van der Waals surface area contributed by atoms with Crippen molar-refractivity contribution in [3.8, 4) is 0 Å². The summed E-state index contributed by atoms with van der Waals surface area (Å²) in [6.07, 6.45) is 3.02. The van der Waals surface area contributed by atoms with Crippen LogP contribution in [0.15, 0.2) is 4.99 Å². The van der Waals surface area contributed by atoms with Crippen LogP contribution in [-0.4, -0.2) is 4.19 Å². The van der Waals surface area contributed by atoms with Crippen LogP contribution in [0.4, 0.5) is 0 Å². The maximum absolute atomic E-state index is 3.75. The third-order valence-electron chi connectivity index (χ3n) is 0.663. The Labute approximate surface area is 117 Å². The molecule has 0 aliphatic rings. The van der Waals surface area contributed by atoms with Gasteiger partial charge in [-0.15, -0.1) is 0 Å². The molecule has 5 heteroatoms. The standard InChI is InChI=1S/C6H9N2.V.W.Y/c1-3-4-5-8-6-7-2;;;/h3,5-6,8H,4H2,1H3;;;/q-3;+2;;. The zero-order chi connectivity index (χ0) is 6.95. The molecule has 0 heterocycles. The third-order valence-corrected chi connectivity index (χ3v) is 1.04. The molecule has 0 aromatic rings. The molecule has 0 aliphatic carbocycles. The van der Waals surface area contributed by atoms with Crippen LogP contribution in [0.5, 0.6) is 0 Å². The summed E-state index contributed by atoms with van der Waals surface area (Å²) in [5, 5.41) is 2.89. The largest absolute Gasteiger partial charge is 2.00 e. The Balaban J connectivity index is -0.000000320. The maximum atomic E-state index is 3.75. The summed E-state index contributed by atoms with van der Waals surface area (Å²) < 4.78 is 2.70. The molecular formula is C6H9N2VWY-. The summed E-state index contributed by atoms with van der Waals surface area (Å²) in [5.41, 5.74) is 0. The average Bonchev–Trinajstić information content (AvgIpc) is 1.89. The monoisotopic (exact) mass is 433 g/mol. The van der Waals surface area contributed by atoms with Gasteiger partial charge in [0.05, 0.1) is 0 Å². The topological polar surface area (TPSA) is 24.4 Å². The molecule has 0 aromatic heterocycles. The van der Waals surface area contributed by atoms with E-state index in [4.69, 9.17) is 0 Å². The van der Waals surface area contributed by atoms with Crippen molar-refractivity contribution < 1.29 is 70.6 Å². The van der Waals surface area contributed by atoms with E-state index >= 15 is 0 Å². The quantitative estimate of drug-likeness (QED) is 0.390. The minimum atomic E-state index is 0. The van der Waals surface area contributed by atoms with Crippen molar-refractivity contribution in [3.63, 3.8) is 0 Å². The van der Waals surface area contributed by atoms with E-state index in [9.17, 15) is 0 Å².